The van der Waals surface area contributed by atoms with Crippen molar-refractivity contribution >= 4 is 17.3 Å². The smallest absolute Gasteiger partial charge is 0.190 e. The summed E-state index contributed by atoms with van der Waals surface area (Å²) < 4.78 is 0. The van der Waals surface area contributed by atoms with Gasteiger partial charge in [0.1, 0.15) is 0 Å². The summed E-state index contributed by atoms with van der Waals surface area (Å²) in [5.74, 6) is 0.900. The van der Waals surface area contributed by atoms with Crippen LogP contribution in [-0.4, -0.2) is 36.5 Å². The summed E-state index contributed by atoms with van der Waals surface area (Å²) in [6.07, 6.45) is 0. The zero-order chi connectivity index (χ0) is 11.4. The maximum absolute atomic E-state index is 5.71. The van der Waals surface area contributed by atoms with E-state index in [2.05, 4.69) is 22.3 Å². The predicted octanol–water partition coefficient (Wildman–Crippen LogP) is 1.43. The minimum atomic E-state index is 0.335. The second-order valence-electron chi connectivity index (χ2n) is 3.82. The lowest BCUT2D eigenvalue weighted by Crippen LogP contribution is -2.30. The number of rotatable bonds is 3. The average molecular weight is 226 g/mol. The highest BCUT2D eigenvalue weighted by Gasteiger charge is 2.08. The van der Waals surface area contributed by atoms with Gasteiger partial charge in [0.15, 0.2) is 5.96 Å². The Kier molecular flexibility index (Phi) is 4.08. The Morgan fingerprint density at radius 3 is 2.80 bits per heavy atom. The lowest BCUT2D eigenvalue weighted by molar-refractivity contribution is 0.604. The number of guanidine groups is 1. The normalized spacial score (nSPS) is 14.0. The van der Waals surface area contributed by atoms with E-state index in [4.69, 9.17) is 5.73 Å². The van der Waals surface area contributed by atoms with E-state index < -0.39 is 0 Å². The number of nitrogens with zero attached hydrogens (tertiary/aromatic N) is 3. The summed E-state index contributed by atoms with van der Waals surface area (Å²) in [5.41, 5.74) is 6.78. The zero-order valence-corrected chi connectivity index (χ0v) is 10.5. The van der Waals surface area contributed by atoms with Crippen LogP contribution in [0.15, 0.2) is 10.4 Å². The Hall–Kier alpha value is -1.10. The average Bonchev–Trinajstić information content (AvgIpc) is 2.60. The molecule has 15 heavy (non-hydrogen) atoms. The molecule has 0 unspecified atom stereocenters. The van der Waals surface area contributed by atoms with Crippen LogP contribution in [0.2, 0.25) is 0 Å². The van der Waals surface area contributed by atoms with Crippen molar-refractivity contribution in [1.29, 1.82) is 0 Å². The fourth-order valence-electron chi connectivity index (χ4n) is 1.05. The molecule has 1 rings (SSSR count). The molecule has 0 fully saturated rings. The van der Waals surface area contributed by atoms with E-state index in [-0.39, 0.29) is 0 Å². The van der Waals surface area contributed by atoms with Crippen molar-refractivity contribution in [2.75, 3.05) is 20.6 Å². The van der Waals surface area contributed by atoms with Gasteiger partial charge in [0.25, 0.3) is 0 Å². The lowest BCUT2D eigenvalue weighted by atomic mass is 10.2. The van der Waals surface area contributed by atoms with Gasteiger partial charge in [0, 0.05) is 31.1 Å². The fraction of sp³-hybridized carbons (Fsp3) is 0.600. The molecule has 0 aliphatic rings. The molecule has 1 heterocycles. The van der Waals surface area contributed by atoms with E-state index in [0.717, 1.165) is 10.7 Å². The maximum Gasteiger partial charge on any atom is 0.190 e. The van der Waals surface area contributed by atoms with Crippen molar-refractivity contribution in [3.63, 3.8) is 0 Å². The lowest BCUT2D eigenvalue weighted by Gasteiger charge is -2.11. The molecular weight excluding hydrogens is 208 g/mol. The molecule has 1 aromatic heterocycles. The van der Waals surface area contributed by atoms with Gasteiger partial charge in [-0.05, 0) is 6.92 Å². The summed E-state index contributed by atoms with van der Waals surface area (Å²) in [7, 11) is 3.77. The molecule has 4 nitrogen and oxygen atoms in total. The van der Waals surface area contributed by atoms with Crippen LogP contribution in [0.5, 0.6) is 0 Å². The van der Waals surface area contributed by atoms with Crippen molar-refractivity contribution in [1.82, 2.24) is 9.88 Å². The van der Waals surface area contributed by atoms with E-state index in [1.807, 2.05) is 21.0 Å². The van der Waals surface area contributed by atoms with E-state index in [9.17, 15) is 0 Å². The van der Waals surface area contributed by atoms with Crippen LogP contribution in [0, 0.1) is 6.92 Å². The van der Waals surface area contributed by atoms with Crippen LogP contribution in [-0.2, 0) is 0 Å². The summed E-state index contributed by atoms with van der Waals surface area (Å²) in [6.45, 7) is 4.81. The van der Waals surface area contributed by atoms with Gasteiger partial charge in [-0.15, -0.1) is 11.3 Å². The molecule has 0 aromatic carbocycles. The number of hydrogen-bond acceptors (Lipinski definition) is 3. The number of thiazole rings is 1. The highest BCUT2D eigenvalue weighted by Crippen LogP contribution is 2.19. The Morgan fingerprint density at radius 2 is 2.33 bits per heavy atom. The van der Waals surface area contributed by atoms with Gasteiger partial charge in [-0.3, -0.25) is 4.99 Å². The summed E-state index contributed by atoms with van der Waals surface area (Å²) in [5, 5.41) is 3.19. The second kappa shape index (κ2) is 5.11. The predicted molar refractivity (Wildman–Crippen MR) is 65.4 cm³/mol. The van der Waals surface area contributed by atoms with Crippen LogP contribution in [0.1, 0.15) is 23.5 Å². The summed E-state index contributed by atoms with van der Waals surface area (Å²) in [6, 6.07) is 0. The molecule has 5 heteroatoms. The van der Waals surface area contributed by atoms with Crippen LogP contribution >= 0.6 is 11.3 Å². The zero-order valence-electron chi connectivity index (χ0n) is 9.69. The third kappa shape index (κ3) is 3.51. The van der Waals surface area contributed by atoms with Crippen molar-refractivity contribution < 1.29 is 0 Å². The number of nitrogens with two attached hydrogens (primary N) is 1. The molecule has 2 N–H and O–H groups in total. The number of aromatic nitrogens is 1. The number of aliphatic imine (C=N–C) groups is 1. The minimum absolute atomic E-state index is 0.335. The van der Waals surface area contributed by atoms with Crippen molar-refractivity contribution in [2.24, 2.45) is 10.7 Å². The third-order valence-electron chi connectivity index (χ3n) is 2.04. The SMILES string of the molecule is Cc1csc([C@H](C)CN=C(N)N(C)C)n1. The molecule has 0 aliphatic heterocycles. The highest BCUT2D eigenvalue weighted by molar-refractivity contribution is 7.09. The molecule has 0 saturated heterocycles. The molecular formula is C10H18N4S. The molecule has 0 radical (unpaired) electrons. The van der Waals surface area contributed by atoms with Gasteiger partial charge in [-0.25, -0.2) is 4.98 Å². The first-order valence-corrected chi connectivity index (χ1v) is 5.78. The third-order valence-corrected chi connectivity index (χ3v) is 3.24. The standard InChI is InChI=1S/C10H18N4S/c1-7(5-12-10(11)14(3)4)9-13-8(2)6-15-9/h6-7H,5H2,1-4H3,(H2,11,12)/t7-/m1/s1. The van der Waals surface area contributed by atoms with Gasteiger partial charge < -0.3 is 10.6 Å². The van der Waals surface area contributed by atoms with E-state index in [1.165, 1.54) is 0 Å². The molecule has 1 aromatic rings. The molecule has 84 valence electrons. The number of hydrogen-bond donors (Lipinski definition) is 1. The van der Waals surface area contributed by atoms with Gasteiger partial charge in [0.05, 0.1) is 11.6 Å². The number of aryl methyl sites for hydroxylation is 1. The van der Waals surface area contributed by atoms with Gasteiger partial charge in [0.2, 0.25) is 0 Å². The van der Waals surface area contributed by atoms with Crippen molar-refractivity contribution in [3.05, 3.63) is 16.1 Å². The van der Waals surface area contributed by atoms with Crippen LogP contribution in [0.3, 0.4) is 0 Å². The van der Waals surface area contributed by atoms with Gasteiger partial charge >= 0.3 is 0 Å². The second-order valence-corrected chi connectivity index (χ2v) is 4.71. The van der Waals surface area contributed by atoms with Crippen molar-refractivity contribution in [2.45, 2.75) is 19.8 Å². The molecule has 1 atom stereocenters. The quantitative estimate of drug-likeness (QED) is 0.626. The Labute approximate surface area is 94.8 Å². The first-order valence-electron chi connectivity index (χ1n) is 4.90. The molecule has 0 amide bonds. The van der Waals surface area contributed by atoms with Crippen LogP contribution in [0.4, 0.5) is 0 Å². The minimum Gasteiger partial charge on any atom is -0.370 e. The first-order chi connectivity index (χ1) is 7.00. The summed E-state index contributed by atoms with van der Waals surface area (Å²) in [4.78, 5) is 10.5. The largest absolute Gasteiger partial charge is 0.370 e. The van der Waals surface area contributed by atoms with Crippen molar-refractivity contribution in [3.8, 4) is 0 Å². The van der Waals surface area contributed by atoms with Gasteiger partial charge in [-0.1, -0.05) is 6.92 Å². The highest BCUT2D eigenvalue weighted by atomic mass is 32.1. The molecule has 0 spiro atoms. The molecule has 0 saturated carbocycles. The van der Waals surface area contributed by atoms with E-state index >= 15 is 0 Å². The maximum atomic E-state index is 5.71. The van der Waals surface area contributed by atoms with Crippen LogP contribution in [0.25, 0.3) is 0 Å². The Morgan fingerprint density at radius 1 is 1.67 bits per heavy atom. The topological polar surface area (TPSA) is 54.5 Å². The first kappa shape index (κ1) is 12.0. The van der Waals surface area contributed by atoms with E-state index in [0.29, 0.717) is 18.4 Å². The molecule has 0 bridgehead atoms. The monoisotopic (exact) mass is 226 g/mol. The van der Waals surface area contributed by atoms with Crippen LogP contribution < -0.4 is 5.73 Å². The molecule has 0 aliphatic carbocycles. The fourth-order valence-corrected chi connectivity index (χ4v) is 1.90. The Balaban J connectivity index is 2.57. The van der Waals surface area contributed by atoms with Gasteiger partial charge in [-0.2, -0.15) is 0 Å². The summed E-state index contributed by atoms with van der Waals surface area (Å²) >= 11 is 1.68. The Bertz CT molecular complexity index is 343. The van der Waals surface area contributed by atoms with E-state index in [1.54, 1.807) is 16.2 Å².